The van der Waals surface area contributed by atoms with E-state index in [-0.39, 0.29) is 17.0 Å². The van der Waals surface area contributed by atoms with Crippen LogP contribution in [0.1, 0.15) is 52.1 Å². The maximum absolute atomic E-state index is 15.3. The molecule has 11 nitrogen and oxygen atoms in total. The number of anilines is 2. The summed E-state index contributed by atoms with van der Waals surface area (Å²) in [5, 5.41) is 7.01. The van der Waals surface area contributed by atoms with E-state index in [0.29, 0.717) is 52.5 Å². The average molecular weight is 557 g/mol. The van der Waals surface area contributed by atoms with Gasteiger partial charge >= 0.3 is 0 Å². The summed E-state index contributed by atoms with van der Waals surface area (Å²) in [7, 11) is 1.54. The molecule has 2 saturated heterocycles. The number of primary amides is 1. The normalized spacial score (nSPS) is 18.1. The number of carbonyl (C=O) groups is 3. The number of nitrogens with one attached hydrogen (secondary N) is 1. The number of hydrogen-bond acceptors (Lipinski definition) is 7. The van der Waals surface area contributed by atoms with Gasteiger partial charge in [0.05, 0.1) is 70.7 Å². The van der Waals surface area contributed by atoms with Gasteiger partial charge in [0.15, 0.2) is 0 Å². The molecule has 5 heterocycles. The van der Waals surface area contributed by atoms with Crippen molar-refractivity contribution >= 4 is 34.6 Å². The summed E-state index contributed by atoms with van der Waals surface area (Å²) < 4.78 is 16.7. The Labute approximate surface area is 235 Å². The van der Waals surface area contributed by atoms with Crippen LogP contribution in [0.2, 0.25) is 0 Å². The van der Waals surface area contributed by atoms with E-state index in [9.17, 15) is 14.4 Å². The molecular weight excluding hydrogens is 527 g/mol. The standard InChI is InChI=1S/C29H29FN8O3/c1-16-25(10-18(11-32-16)35-27(39)15-37-19-4-5-20(37)7-6-19)36(2)29(41)21-8-3-17(9-23(21)30)24-14-38-26(13-33-24)22(12-34-38)28(31)40/h3,8-14,19-20H,4-7,15H2,1-2H3,(H2,31,40)(H,35,39). The Bertz CT molecular complexity index is 1680. The van der Waals surface area contributed by atoms with Gasteiger partial charge in [-0.2, -0.15) is 5.10 Å². The number of carbonyl (C=O) groups excluding carboxylic acids is 3. The van der Waals surface area contributed by atoms with Gasteiger partial charge in [0.2, 0.25) is 5.91 Å². The molecule has 2 aliphatic rings. The van der Waals surface area contributed by atoms with Gasteiger partial charge < -0.3 is 16.0 Å². The molecule has 0 atom stereocenters. The van der Waals surface area contributed by atoms with Crippen LogP contribution in [-0.4, -0.2) is 67.9 Å². The van der Waals surface area contributed by atoms with Crippen LogP contribution in [0.3, 0.4) is 0 Å². The molecule has 2 fully saturated rings. The highest BCUT2D eigenvalue weighted by atomic mass is 19.1. The lowest BCUT2D eigenvalue weighted by Crippen LogP contribution is -2.36. The summed E-state index contributed by atoms with van der Waals surface area (Å²) in [5.41, 5.74) is 8.18. The minimum atomic E-state index is -0.727. The van der Waals surface area contributed by atoms with Crippen molar-refractivity contribution in [2.24, 2.45) is 5.73 Å². The first-order valence-corrected chi connectivity index (χ1v) is 13.4. The van der Waals surface area contributed by atoms with Crippen LogP contribution in [0.5, 0.6) is 0 Å². The molecule has 2 bridgehead atoms. The molecule has 0 radical (unpaired) electrons. The number of fused-ring (bicyclic) bond motifs is 3. The highest BCUT2D eigenvalue weighted by Gasteiger charge is 2.39. The lowest BCUT2D eigenvalue weighted by atomic mass is 10.0. The Hall–Kier alpha value is -4.71. The molecule has 12 heteroatoms. The van der Waals surface area contributed by atoms with Crippen LogP contribution in [0.15, 0.2) is 49.1 Å². The van der Waals surface area contributed by atoms with Crippen molar-refractivity contribution in [1.82, 2.24) is 24.5 Å². The second-order valence-corrected chi connectivity index (χ2v) is 10.6. The van der Waals surface area contributed by atoms with Gasteiger partial charge in [0.25, 0.3) is 11.8 Å². The highest BCUT2D eigenvalue weighted by molar-refractivity contribution is 6.07. The number of rotatable bonds is 7. The third-order valence-corrected chi connectivity index (χ3v) is 8.11. The first-order valence-electron chi connectivity index (χ1n) is 13.4. The van der Waals surface area contributed by atoms with Gasteiger partial charge in [0, 0.05) is 24.7 Å². The number of aromatic nitrogens is 4. The van der Waals surface area contributed by atoms with E-state index < -0.39 is 17.6 Å². The Balaban J connectivity index is 1.18. The van der Waals surface area contributed by atoms with Gasteiger partial charge in [-0.25, -0.2) is 8.91 Å². The summed E-state index contributed by atoms with van der Waals surface area (Å²) in [6.45, 7) is 2.08. The fourth-order valence-corrected chi connectivity index (χ4v) is 5.93. The summed E-state index contributed by atoms with van der Waals surface area (Å²) in [6.07, 6.45) is 10.5. The molecule has 3 amide bonds. The number of aryl methyl sites for hydroxylation is 1. The van der Waals surface area contributed by atoms with E-state index in [2.05, 4.69) is 25.3 Å². The summed E-state index contributed by atoms with van der Waals surface area (Å²) in [4.78, 5) is 49.9. The minimum absolute atomic E-state index is 0.122. The highest BCUT2D eigenvalue weighted by Crippen LogP contribution is 2.37. The molecule has 2 aliphatic heterocycles. The first kappa shape index (κ1) is 26.5. The van der Waals surface area contributed by atoms with Crippen molar-refractivity contribution in [2.75, 3.05) is 23.8 Å². The van der Waals surface area contributed by atoms with E-state index in [1.165, 1.54) is 41.0 Å². The maximum atomic E-state index is 15.3. The number of nitrogens with two attached hydrogens (primary N) is 1. The van der Waals surface area contributed by atoms with Crippen LogP contribution < -0.4 is 16.0 Å². The van der Waals surface area contributed by atoms with Gasteiger partial charge in [0.1, 0.15) is 5.82 Å². The SMILES string of the molecule is Cc1ncc(NC(=O)CN2C3CCC2CC3)cc1N(C)C(=O)c1ccc(-c2cn3ncc(C(N)=O)c3cn2)cc1F. The maximum Gasteiger partial charge on any atom is 0.261 e. The molecule has 3 N–H and O–H groups in total. The van der Waals surface area contributed by atoms with Crippen LogP contribution in [0.4, 0.5) is 15.8 Å². The van der Waals surface area contributed by atoms with Gasteiger partial charge in [-0.15, -0.1) is 0 Å². The molecule has 3 aromatic heterocycles. The molecular formula is C29H29FN8O3. The topological polar surface area (TPSA) is 139 Å². The zero-order valence-electron chi connectivity index (χ0n) is 22.7. The fraction of sp³-hybridized carbons (Fsp3) is 0.310. The molecule has 0 saturated carbocycles. The van der Waals surface area contributed by atoms with Crippen LogP contribution in [-0.2, 0) is 4.79 Å². The number of hydrogen-bond donors (Lipinski definition) is 2. The quantitative estimate of drug-likeness (QED) is 0.356. The molecule has 210 valence electrons. The van der Waals surface area contributed by atoms with Crippen molar-refractivity contribution < 1.29 is 18.8 Å². The number of halogens is 1. The summed E-state index contributed by atoms with van der Waals surface area (Å²) in [5.74, 6) is -2.05. The number of nitrogens with zero attached hydrogens (tertiary/aromatic N) is 6. The first-order chi connectivity index (χ1) is 19.7. The predicted molar refractivity (Wildman–Crippen MR) is 150 cm³/mol. The van der Waals surface area contributed by atoms with Crippen LogP contribution in [0.25, 0.3) is 16.8 Å². The zero-order valence-corrected chi connectivity index (χ0v) is 22.7. The van der Waals surface area contributed by atoms with E-state index in [0.717, 1.165) is 25.7 Å². The predicted octanol–water partition coefficient (Wildman–Crippen LogP) is 3.18. The second-order valence-electron chi connectivity index (χ2n) is 10.6. The summed E-state index contributed by atoms with van der Waals surface area (Å²) >= 11 is 0. The average Bonchev–Trinajstić information content (AvgIpc) is 3.67. The molecule has 0 unspecified atom stereocenters. The molecule has 6 rings (SSSR count). The Morgan fingerprint density at radius 1 is 1.05 bits per heavy atom. The molecule has 0 spiro atoms. The largest absolute Gasteiger partial charge is 0.365 e. The van der Waals surface area contributed by atoms with Crippen molar-refractivity contribution in [3.8, 4) is 11.3 Å². The van der Waals surface area contributed by atoms with Crippen molar-refractivity contribution in [3.63, 3.8) is 0 Å². The van der Waals surface area contributed by atoms with E-state index >= 15 is 4.39 Å². The Morgan fingerprint density at radius 3 is 2.46 bits per heavy atom. The number of amides is 3. The Kier molecular flexibility index (Phi) is 6.70. The smallest absolute Gasteiger partial charge is 0.261 e. The van der Waals surface area contributed by atoms with Crippen molar-refractivity contribution in [3.05, 3.63) is 71.7 Å². The molecule has 4 aromatic rings. The summed E-state index contributed by atoms with van der Waals surface area (Å²) in [6, 6.07) is 6.85. The monoisotopic (exact) mass is 556 g/mol. The van der Waals surface area contributed by atoms with Crippen LogP contribution >= 0.6 is 0 Å². The zero-order chi connectivity index (χ0) is 28.8. The van der Waals surface area contributed by atoms with Gasteiger partial charge in [-0.1, -0.05) is 6.07 Å². The van der Waals surface area contributed by atoms with Crippen molar-refractivity contribution in [2.45, 2.75) is 44.7 Å². The van der Waals surface area contributed by atoms with E-state index in [1.807, 2.05) is 0 Å². The van der Waals surface area contributed by atoms with Gasteiger partial charge in [-0.05, 0) is 50.8 Å². The van der Waals surface area contributed by atoms with Crippen LogP contribution in [0, 0.1) is 12.7 Å². The lowest BCUT2D eigenvalue weighted by molar-refractivity contribution is -0.117. The lowest BCUT2D eigenvalue weighted by Gasteiger charge is -2.22. The van der Waals surface area contributed by atoms with Crippen molar-refractivity contribution in [1.29, 1.82) is 0 Å². The van der Waals surface area contributed by atoms with E-state index in [4.69, 9.17) is 5.73 Å². The third kappa shape index (κ3) is 4.91. The van der Waals surface area contributed by atoms with E-state index in [1.54, 1.807) is 31.5 Å². The second kappa shape index (κ2) is 10.4. The third-order valence-electron chi connectivity index (χ3n) is 8.11. The molecule has 1 aromatic carbocycles. The van der Waals surface area contributed by atoms with Gasteiger partial charge in [-0.3, -0.25) is 29.3 Å². The minimum Gasteiger partial charge on any atom is -0.365 e. The fourth-order valence-electron chi connectivity index (χ4n) is 5.93. The number of benzene rings is 1. The molecule has 0 aliphatic carbocycles. The Morgan fingerprint density at radius 2 is 1.78 bits per heavy atom. The number of pyridine rings is 1. The molecule has 41 heavy (non-hydrogen) atoms.